The van der Waals surface area contributed by atoms with Crippen molar-refractivity contribution in [2.24, 2.45) is 5.73 Å². The van der Waals surface area contributed by atoms with Gasteiger partial charge < -0.3 is 5.73 Å². The van der Waals surface area contributed by atoms with Crippen LogP contribution in [0, 0.1) is 0 Å². The van der Waals surface area contributed by atoms with Crippen molar-refractivity contribution >= 4 is 27.0 Å². The molecule has 4 heteroatoms. The Balaban J connectivity index is 1.89. The molecule has 1 unspecified atom stereocenters. The van der Waals surface area contributed by atoms with Crippen molar-refractivity contribution in [2.75, 3.05) is 0 Å². The van der Waals surface area contributed by atoms with Gasteiger partial charge in [-0.15, -0.1) is 0 Å². The minimum Gasteiger partial charge on any atom is -0.324 e. The van der Waals surface area contributed by atoms with E-state index >= 15 is 0 Å². The van der Waals surface area contributed by atoms with Crippen molar-refractivity contribution in [3.05, 3.63) is 70.5 Å². The zero-order valence-corrected chi connectivity index (χ0v) is 12.4. The van der Waals surface area contributed by atoms with Crippen LogP contribution in [0.3, 0.4) is 0 Å². The second-order valence-corrected chi connectivity index (χ2v) is 5.56. The maximum atomic E-state index is 6.32. The lowest BCUT2D eigenvalue weighted by Gasteiger charge is -2.13. The Labute approximate surface area is 126 Å². The molecular weight excluding hydrogens is 314 g/mol. The van der Waals surface area contributed by atoms with E-state index in [4.69, 9.17) is 5.73 Å². The molecule has 0 saturated carbocycles. The summed E-state index contributed by atoms with van der Waals surface area (Å²) in [6.45, 7) is 0. The Morgan fingerprint density at radius 1 is 1.00 bits per heavy atom. The van der Waals surface area contributed by atoms with Crippen molar-refractivity contribution < 1.29 is 0 Å². The van der Waals surface area contributed by atoms with Crippen molar-refractivity contribution in [1.82, 2.24) is 9.97 Å². The topological polar surface area (TPSA) is 51.8 Å². The number of hydrogen-bond acceptors (Lipinski definition) is 3. The lowest BCUT2D eigenvalue weighted by molar-refractivity contribution is 0.720. The molecule has 0 saturated heterocycles. The zero-order chi connectivity index (χ0) is 13.9. The van der Waals surface area contributed by atoms with E-state index in [0.717, 1.165) is 27.5 Å². The van der Waals surface area contributed by atoms with Crippen molar-refractivity contribution in [2.45, 2.75) is 12.5 Å². The summed E-state index contributed by atoms with van der Waals surface area (Å²) in [6.07, 6.45) is 4.18. The summed E-state index contributed by atoms with van der Waals surface area (Å²) in [7, 11) is 0. The molecule has 0 amide bonds. The molecule has 0 radical (unpaired) electrons. The molecule has 3 nitrogen and oxygen atoms in total. The molecule has 2 aromatic carbocycles. The van der Waals surface area contributed by atoms with E-state index in [2.05, 4.69) is 32.0 Å². The van der Waals surface area contributed by atoms with E-state index in [9.17, 15) is 0 Å². The normalized spacial score (nSPS) is 12.5. The fourth-order valence-corrected chi connectivity index (χ4v) is 2.68. The average molecular weight is 328 g/mol. The first-order valence-electron chi connectivity index (χ1n) is 6.44. The van der Waals surface area contributed by atoms with Crippen LogP contribution in [0.15, 0.2) is 59.3 Å². The third kappa shape index (κ3) is 2.71. The van der Waals surface area contributed by atoms with E-state index in [1.807, 2.05) is 36.4 Å². The van der Waals surface area contributed by atoms with Crippen LogP contribution >= 0.6 is 15.9 Å². The van der Waals surface area contributed by atoms with Gasteiger partial charge in [-0.2, -0.15) is 0 Å². The van der Waals surface area contributed by atoms with Gasteiger partial charge in [0.2, 0.25) is 0 Å². The average Bonchev–Trinajstić information content (AvgIpc) is 2.49. The van der Waals surface area contributed by atoms with Crippen molar-refractivity contribution in [1.29, 1.82) is 0 Å². The molecule has 1 heterocycles. The first-order valence-corrected chi connectivity index (χ1v) is 7.23. The van der Waals surface area contributed by atoms with E-state index in [0.29, 0.717) is 0 Å². The highest BCUT2D eigenvalue weighted by molar-refractivity contribution is 9.10. The van der Waals surface area contributed by atoms with Gasteiger partial charge in [-0.25, -0.2) is 0 Å². The molecule has 3 rings (SSSR count). The molecular formula is C16H14BrN3. The predicted octanol–water partition coefficient (Wildman–Crippen LogP) is 3.63. The Morgan fingerprint density at radius 3 is 2.55 bits per heavy atom. The first-order chi connectivity index (χ1) is 9.74. The third-order valence-corrected chi connectivity index (χ3v) is 4.09. The maximum Gasteiger partial charge on any atom is 0.0890 e. The lowest BCUT2D eigenvalue weighted by atomic mass is 9.99. The molecule has 0 aliphatic carbocycles. The molecule has 100 valence electrons. The van der Waals surface area contributed by atoms with E-state index in [1.54, 1.807) is 12.4 Å². The first kappa shape index (κ1) is 13.2. The third-order valence-electron chi connectivity index (χ3n) is 3.32. The van der Waals surface area contributed by atoms with E-state index in [-0.39, 0.29) is 6.04 Å². The van der Waals surface area contributed by atoms with Crippen LogP contribution in [0.1, 0.15) is 17.2 Å². The van der Waals surface area contributed by atoms with E-state index < -0.39 is 0 Å². The minimum absolute atomic E-state index is 0.0555. The van der Waals surface area contributed by atoms with Gasteiger partial charge in [0.15, 0.2) is 0 Å². The number of hydrogen-bond donors (Lipinski definition) is 1. The molecule has 0 aliphatic rings. The van der Waals surface area contributed by atoms with Gasteiger partial charge in [-0.05, 0) is 35.7 Å². The Hall–Kier alpha value is -1.78. The Bertz CT molecular complexity index is 742. The molecule has 2 N–H and O–H groups in total. The van der Waals surface area contributed by atoms with Crippen molar-refractivity contribution in [3.8, 4) is 0 Å². The number of benzene rings is 2. The molecule has 0 bridgehead atoms. The summed E-state index contributed by atoms with van der Waals surface area (Å²) in [4.78, 5) is 8.59. The van der Waals surface area contributed by atoms with Gasteiger partial charge in [0, 0.05) is 22.9 Å². The van der Waals surface area contributed by atoms with Crippen LogP contribution in [0.4, 0.5) is 0 Å². The SMILES string of the molecule is NC(Cc1ccccc1Br)c1ccc2nccnc2c1. The zero-order valence-electron chi connectivity index (χ0n) is 10.8. The molecule has 0 fully saturated rings. The monoisotopic (exact) mass is 327 g/mol. The highest BCUT2D eigenvalue weighted by Crippen LogP contribution is 2.23. The Morgan fingerprint density at radius 2 is 1.75 bits per heavy atom. The predicted molar refractivity (Wildman–Crippen MR) is 84.3 cm³/mol. The van der Waals surface area contributed by atoms with E-state index in [1.165, 1.54) is 5.56 Å². The van der Waals surface area contributed by atoms with Gasteiger partial charge in [-0.1, -0.05) is 40.2 Å². The highest BCUT2D eigenvalue weighted by atomic mass is 79.9. The fraction of sp³-hybridized carbons (Fsp3) is 0.125. The number of aromatic nitrogens is 2. The molecule has 0 spiro atoms. The summed E-state index contributed by atoms with van der Waals surface area (Å²) in [5.41, 5.74) is 10.4. The number of nitrogens with two attached hydrogens (primary N) is 1. The summed E-state index contributed by atoms with van der Waals surface area (Å²) in [5.74, 6) is 0. The van der Waals surface area contributed by atoms with Crippen LogP contribution < -0.4 is 5.73 Å². The summed E-state index contributed by atoms with van der Waals surface area (Å²) in [5, 5.41) is 0. The van der Waals surface area contributed by atoms with Gasteiger partial charge in [-0.3, -0.25) is 9.97 Å². The quantitative estimate of drug-likeness (QED) is 0.799. The summed E-state index contributed by atoms with van der Waals surface area (Å²) >= 11 is 3.56. The number of fused-ring (bicyclic) bond motifs is 1. The summed E-state index contributed by atoms with van der Waals surface area (Å²) < 4.78 is 1.09. The van der Waals surface area contributed by atoms with Crippen LogP contribution in [0.5, 0.6) is 0 Å². The van der Waals surface area contributed by atoms with Gasteiger partial charge in [0.05, 0.1) is 11.0 Å². The van der Waals surface area contributed by atoms with Crippen LogP contribution in [-0.2, 0) is 6.42 Å². The molecule has 3 aromatic rings. The minimum atomic E-state index is -0.0555. The second kappa shape index (κ2) is 5.69. The summed E-state index contributed by atoms with van der Waals surface area (Å²) in [6, 6.07) is 14.1. The smallest absolute Gasteiger partial charge is 0.0890 e. The molecule has 0 aliphatic heterocycles. The number of halogens is 1. The molecule has 1 atom stereocenters. The lowest BCUT2D eigenvalue weighted by Crippen LogP contribution is -2.13. The van der Waals surface area contributed by atoms with Crippen LogP contribution in [0.2, 0.25) is 0 Å². The van der Waals surface area contributed by atoms with Gasteiger partial charge >= 0.3 is 0 Å². The largest absolute Gasteiger partial charge is 0.324 e. The Kier molecular flexibility index (Phi) is 3.76. The van der Waals surface area contributed by atoms with Crippen LogP contribution in [0.25, 0.3) is 11.0 Å². The molecule has 20 heavy (non-hydrogen) atoms. The second-order valence-electron chi connectivity index (χ2n) is 4.71. The number of nitrogens with zero attached hydrogens (tertiary/aromatic N) is 2. The molecule has 1 aromatic heterocycles. The number of rotatable bonds is 3. The van der Waals surface area contributed by atoms with Gasteiger partial charge in [0.1, 0.15) is 0 Å². The van der Waals surface area contributed by atoms with Crippen LogP contribution in [-0.4, -0.2) is 9.97 Å². The maximum absolute atomic E-state index is 6.32. The standard InChI is InChI=1S/C16H14BrN3/c17-13-4-2-1-3-11(13)9-14(18)12-5-6-15-16(10-12)20-8-7-19-15/h1-8,10,14H,9,18H2. The highest BCUT2D eigenvalue weighted by Gasteiger charge is 2.10. The van der Waals surface area contributed by atoms with Gasteiger partial charge in [0.25, 0.3) is 0 Å². The fourth-order valence-electron chi connectivity index (χ4n) is 2.23. The van der Waals surface area contributed by atoms with Crippen molar-refractivity contribution in [3.63, 3.8) is 0 Å².